The zero-order valence-electron chi connectivity index (χ0n) is 19.3. The zero-order chi connectivity index (χ0) is 22.8. The second-order valence-corrected chi connectivity index (χ2v) is 7.86. The lowest BCUT2D eigenvalue weighted by Gasteiger charge is -2.21. The molecule has 1 heterocycles. The van der Waals surface area contributed by atoms with E-state index in [9.17, 15) is 4.79 Å². The predicted molar refractivity (Wildman–Crippen MR) is 124 cm³/mol. The van der Waals surface area contributed by atoms with Crippen LogP contribution in [0.4, 0.5) is 0 Å². The quantitative estimate of drug-likeness (QED) is 0.412. The average molecular weight is 443 g/mol. The normalized spacial score (nSPS) is 15.1. The van der Waals surface area contributed by atoms with Crippen molar-refractivity contribution >= 4 is 5.97 Å². The number of hydrogen-bond donors (Lipinski definition) is 0. The van der Waals surface area contributed by atoms with Gasteiger partial charge in [-0.15, -0.1) is 0 Å². The fourth-order valence-electron chi connectivity index (χ4n) is 3.98. The molecule has 2 aromatic rings. The van der Waals surface area contributed by atoms with Crippen LogP contribution in [0.15, 0.2) is 42.5 Å². The maximum Gasteiger partial charge on any atom is 0.338 e. The van der Waals surface area contributed by atoms with Crippen LogP contribution in [-0.4, -0.2) is 76.4 Å². The number of rotatable bonds is 10. The summed E-state index contributed by atoms with van der Waals surface area (Å²) in [6, 6.07) is 13.8. The molecule has 0 radical (unpaired) electrons. The van der Waals surface area contributed by atoms with Crippen LogP contribution < -0.4 is 14.2 Å². The molecule has 1 aliphatic rings. The highest BCUT2D eigenvalue weighted by Crippen LogP contribution is 2.38. The summed E-state index contributed by atoms with van der Waals surface area (Å²) < 4.78 is 21.4. The lowest BCUT2D eigenvalue weighted by molar-refractivity contribution is 0.0487. The van der Waals surface area contributed by atoms with Gasteiger partial charge in [0.15, 0.2) is 11.5 Å². The zero-order valence-corrected chi connectivity index (χ0v) is 19.3. The third kappa shape index (κ3) is 6.61. The number of nitrogens with zero attached hydrogens (tertiary/aromatic N) is 2. The van der Waals surface area contributed by atoms with Crippen molar-refractivity contribution in [3.05, 3.63) is 53.6 Å². The lowest BCUT2D eigenvalue weighted by atomic mass is 10.2. The van der Waals surface area contributed by atoms with E-state index in [1.54, 1.807) is 12.1 Å². The molecule has 0 atom stereocenters. The van der Waals surface area contributed by atoms with Gasteiger partial charge < -0.3 is 23.8 Å². The monoisotopic (exact) mass is 442 g/mol. The van der Waals surface area contributed by atoms with E-state index in [1.807, 2.05) is 0 Å². The summed E-state index contributed by atoms with van der Waals surface area (Å²) >= 11 is 0. The highest BCUT2D eigenvalue weighted by molar-refractivity contribution is 5.91. The van der Waals surface area contributed by atoms with Gasteiger partial charge in [0.1, 0.15) is 0 Å². The Morgan fingerprint density at radius 2 is 1.53 bits per heavy atom. The van der Waals surface area contributed by atoms with E-state index in [0.29, 0.717) is 29.4 Å². The maximum atomic E-state index is 12.5. The third-order valence-electron chi connectivity index (χ3n) is 5.68. The van der Waals surface area contributed by atoms with Gasteiger partial charge in [0.25, 0.3) is 0 Å². The lowest BCUT2D eigenvalue weighted by Crippen LogP contribution is -2.31. The number of hydrogen-bond acceptors (Lipinski definition) is 7. The smallest absolute Gasteiger partial charge is 0.338 e. The molecule has 0 amide bonds. The van der Waals surface area contributed by atoms with Crippen molar-refractivity contribution < 1.29 is 23.7 Å². The standard InChI is InChI=1S/C25H34N2O5/c1-29-22-17-21(18-23(30-2)24(22)31-3)25(28)32-16-8-13-26-11-7-12-27(15-14-26)19-20-9-5-4-6-10-20/h4-6,9-10,17-18H,7-8,11-16,19H2,1-3H3. The van der Waals surface area contributed by atoms with Crippen molar-refractivity contribution in [1.29, 1.82) is 0 Å². The van der Waals surface area contributed by atoms with Gasteiger partial charge in [-0.2, -0.15) is 0 Å². The maximum absolute atomic E-state index is 12.5. The van der Waals surface area contributed by atoms with Gasteiger partial charge in [0, 0.05) is 26.2 Å². The van der Waals surface area contributed by atoms with Crippen molar-refractivity contribution in [3.8, 4) is 17.2 Å². The SMILES string of the molecule is COc1cc(C(=O)OCCCN2CCCN(Cc3ccccc3)CC2)cc(OC)c1OC. The van der Waals surface area contributed by atoms with Gasteiger partial charge in [-0.25, -0.2) is 4.79 Å². The van der Waals surface area contributed by atoms with E-state index in [1.165, 1.54) is 26.9 Å². The molecule has 0 aliphatic carbocycles. The number of esters is 1. The van der Waals surface area contributed by atoms with Crippen molar-refractivity contribution in [3.63, 3.8) is 0 Å². The molecule has 1 saturated heterocycles. The largest absolute Gasteiger partial charge is 0.493 e. The van der Waals surface area contributed by atoms with Crippen LogP contribution in [0.2, 0.25) is 0 Å². The molecule has 174 valence electrons. The highest BCUT2D eigenvalue weighted by Gasteiger charge is 2.18. The Morgan fingerprint density at radius 3 is 2.19 bits per heavy atom. The minimum atomic E-state index is -0.394. The molecule has 7 heteroatoms. The van der Waals surface area contributed by atoms with Gasteiger partial charge in [0.2, 0.25) is 5.75 Å². The van der Waals surface area contributed by atoms with Crippen LogP contribution in [-0.2, 0) is 11.3 Å². The number of benzene rings is 2. The molecule has 0 bridgehead atoms. The van der Waals surface area contributed by atoms with Gasteiger partial charge in [-0.05, 0) is 43.6 Å². The first-order valence-electron chi connectivity index (χ1n) is 11.1. The fourth-order valence-corrected chi connectivity index (χ4v) is 3.98. The molecule has 0 aromatic heterocycles. The molecule has 32 heavy (non-hydrogen) atoms. The Balaban J connectivity index is 1.43. The Hall–Kier alpha value is -2.77. The first-order valence-corrected chi connectivity index (χ1v) is 11.1. The van der Waals surface area contributed by atoms with Gasteiger partial charge in [0.05, 0.1) is 33.5 Å². The van der Waals surface area contributed by atoms with Gasteiger partial charge >= 0.3 is 5.97 Å². The highest BCUT2D eigenvalue weighted by atomic mass is 16.5. The molecular weight excluding hydrogens is 408 g/mol. The fraction of sp³-hybridized carbons (Fsp3) is 0.480. The van der Waals surface area contributed by atoms with Crippen molar-refractivity contribution in [2.24, 2.45) is 0 Å². The summed E-state index contributed by atoms with van der Waals surface area (Å²) in [6.45, 7) is 6.57. The average Bonchev–Trinajstić information content (AvgIpc) is 3.06. The van der Waals surface area contributed by atoms with Crippen LogP contribution in [0.3, 0.4) is 0 Å². The number of methoxy groups -OCH3 is 3. The Kier molecular flexibility index (Phi) is 9.19. The van der Waals surface area contributed by atoms with Crippen molar-refractivity contribution in [2.75, 3.05) is 60.7 Å². The van der Waals surface area contributed by atoms with Crippen LogP contribution in [0.5, 0.6) is 17.2 Å². The Morgan fingerprint density at radius 1 is 0.875 bits per heavy atom. The molecule has 3 rings (SSSR count). The van der Waals surface area contributed by atoms with Crippen molar-refractivity contribution in [1.82, 2.24) is 9.80 Å². The van der Waals surface area contributed by atoms with E-state index in [0.717, 1.165) is 52.1 Å². The summed E-state index contributed by atoms with van der Waals surface area (Å²) in [6.07, 6.45) is 1.95. The molecule has 0 unspecified atom stereocenters. The molecule has 0 N–H and O–H groups in total. The predicted octanol–water partition coefficient (Wildman–Crippen LogP) is 3.47. The second kappa shape index (κ2) is 12.3. The third-order valence-corrected chi connectivity index (χ3v) is 5.68. The number of carbonyl (C=O) groups is 1. The molecule has 1 aliphatic heterocycles. The van der Waals surface area contributed by atoms with Crippen molar-refractivity contribution in [2.45, 2.75) is 19.4 Å². The summed E-state index contributed by atoms with van der Waals surface area (Å²) in [5, 5.41) is 0. The van der Waals surface area contributed by atoms with E-state index in [4.69, 9.17) is 18.9 Å². The van der Waals surface area contributed by atoms with E-state index in [2.05, 4.69) is 40.1 Å². The Bertz CT molecular complexity index is 834. The van der Waals surface area contributed by atoms with Gasteiger partial charge in [-0.1, -0.05) is 30.3 Å². The van der Waals surface area contributed by atoms with E-state index >= 15 is 0 Å². The topological polar surface area (TPSA) is 60.5 Å². The first-order chi connectivity index (χ1) is 15.6. The Labute approximate surface area is 190 Å². The van der Waals surface area contributed by atoms with Crippen LogP contribution in [0.1, 0.15) is 28.8 Å². The second-order valence-electron chi connectivity index (χ2n) is 7.86. The molecule has 2 aromatic carbocycles. The molecular formula is C25H34N2O5. The number of ether oxygens (including phenoxy) is 4. The molecule has 0 saturated carbocycles. The summed E-state index contributed by atoms with van der Waals surface area (Å²) in [5.41, 5.74) is 1.74. The first kappa shape index (κ1) is 23.9. The van der Waals surface area contributed by atoms with Crippen LogP contribution in [0, 0.1) is 0 Å². The molecule has 1 fully saturated rings. The van der Waals surface area contributed by atoms with Crippen LogP contribution in [0.25, 0.3) is 0 Å². The van der Waals surface area contributed by atoms with E-state index in [-0.39, 0.29) is 0 Å². The minimum absolute atomic E-state index is 0.375. The van der Waals surface area contributed by atoms with E-state index < -0.39 is 5.97 Å². The summed E-state index contributed by atoms with van der Waals surface area (Å²) in [5.74, 6) is 0.926. The van der Waals surface area contributed by atoms with Crippen LogP contribution >= 0.6 is 0 Å². The molecule has 0 spiro atoms. The van der Waals surface area contributed by atoms with Gasteiger partial charge in [-0.3, -0.25) is 4.90 Å². The minimum Gasteiger partial charge on any atom is -0.493 e. The number of carbonyl (C=O) groups excluding carboxylic acids is 1. The summed E-state index contributed by atoms with van der Waals surface area (Å²) in [7, 11) is 4.57. The summed E-state index contributed by atoms with van der Waals surface area (Å²) in [4.78, 5) is 17.5. The molecule has 7 nitrogen and oxygen atoms in total.